The minimum absolute atomic E-state index is 0.0000424. The topological polar surface area (TPSA) is 115 Å². The summed E-state index contributed by atoms with van der Waals surface area (Å²) in [4.78, 5) is 52.6. The predicted molar refractivity (Wildman–Crippen MR) is 185 cm³/mol. The smallest absolute Gasteiger partial charge is 0.410 e. The van der Waals surface area contributed by atoms with Crippen molar-refractivity contribution in [1.82, 2.24) is 15.5 Å². The summed E-state index contributed by atoms with van der Waals surface area (Å²) in [6.07, 6.45) is 10.6. The van der Waals surface area contributed by atoms with Crippen LogP contribution in [-0.2, 0) is 19.3 Å². The molecule has 2 saturated heterocycles. The van der Waals surface area contributed by atoms with Gasteiger partial charge in [0, 0.05) is 61.8 Å². The maximum absolute atomic E-state index is 13.2. The highest BCUT2D eigenvalue weighted by Crippen LogP contribution is 2.65. The van der Waals surface area contributed by atoms with E-state index in [0.717, 1.165) is 77.3 Å². The molecule has 2 aromatic rings. The molecule has 9 rings (SSSR count). The molecule has 2 aliphatic heterocycles. The summed E-state index contributed by atoms with van der Waals surface area (Å²) in [5, 5.41) is 6.24. The fourth-order valence-corrected chi connectivity index (χ4v) is 10.2. The van der Waals surface area contributed by atoms with Gasteiger partial charge in [0.2, 0.25) is 17.5 Å². The first kappa shape index (κ1) is 34.5. The van der Waals surface area contributed by atoms with Crippen molar-refractivity contribution in [3.63, 3.8) is 0 Å². The quantitative estimate of drug-likeness (QED) is 0.225. The van der Waals surface area contributed by atoms with Crippen LogP contribution >= 0.6 is 0 Å². The minimum Gasteiger partial charge on any atom is -0.410 e. The first-order valence-corrected chi connectivity index (χ1v) is 19.1. The SMILES string of the molecule is CC1CCN(C(=O)Oc2ccc(C3CCC[C@]4(C3)OOC3(O4)C4CC5CC3CC(NC(=O)CCCNC(=O)c3ccc(F)cc3)(C5)C4)cc2)CC1. The molecule has 2 heterocycles. The summed E-state index contributed by atoms with van der Waals surface area (Å²) in [6, 6.07) is 13.3. The van der Waals surface area contributed by atoms with Gasteiger partial charge in [-0.2, -0.15) is 9.78 Å². The lowest BCUT2D eigenvalue weighted by Crippen LogP contribution is -2.69. The standard InChI is InChI=1S/C40H50FN3O7/c1-26-14-18-44(19-15-26)37(47)48-34-12-8-28(9-13-34)30-4-2-16-39(23-30)49-40(51-50-39)31-20-27-21-32(40)25-38(22-27,24-31)43-35(45)5-3-17-42-36(46)29-6-10-33(41)11-7-29/h6-13,26-27,30-32H,2-5,14-25H2,1H3,(H,42,46)(H,43,45)/t27?,30?,31?,32?,38?,39-,40?/m1/s1. The second kappa shape index (κ2) is 13.8. The van der Waals surface area contributed by atoms with Gasteiger partial charge in [-0.05, 0) is 124 Å². The normalized spacial score (nSPS) is 34.2. The number of nitrogens with zero attached hydrogens (tertiary/aromatic N) is 1. The maximum atomic E-state index is 13.2. The molecule has 0 radical (unpaired) electrons. The van der Waals surface area contributed by atoms with Crippen LogP contribution in [0.15, 0.2) is 48.5 Å². The zero-order valence-electron chi connectivity index (χ0n) is 29.5. The Bertz CT molecular complexity index is 1590. The van der Waals surface area contributed by atoms with Crippen molar-refractivity contribution < 1.29 is 38.0 Å². The fraction of sp³-hybridized carbons (Fsp3) is 0.625. The third-order valence-electron chi connectivity index (χ3n) is 12.6. The molecule has 5 saturated carbocycles. The van der Waals surface area contributed by atoms with Crippen LogP contribution in [0, 0.1) is 29.5 Å². The van der Waals surface area contributed by atoms with E-state index in [1.54, 1.807) is 4.90 Å². The average Bonchev–Trinajstić information content (AvgIpc) is 3.48. The third-order valence-corrected chi connectivity index (χ3v) is 12.6. The molecule has 2 aromatic carbocycles. The Morgan fingerprint density at radius 1 is 0.922 bits per heavy atom. The van der Waals surface area contributed by atoms with Gasteiger partial charge in [-0.3, -0.25) is 9.59 Å². The van der Waals surface area contributed by atoms with Gasteiger partial charge >= 0.3 is 6.09 Å². The molecule has 5 aliphatic carbocycles. The van der Waals surface area contributed by atoms with E-state index in [-0.39, 0.29) is 47.0 Å². The number of piperidine rings is 1. The molecule has 4 atom stereocenters. The average molecular weight is 704 g/mol. The summed E-state index contributed by atoms with van der Waals surface area (Å²) in [5.41, 5.74) is 1.30. The van der Waals surface area contributed by atoms with Gasteiger partial charge in [0.25, 0.3) is 5.91 Å². The van der Waals surface area contributed by atoms with Crippen LogP contribution in [-0.4, -0.2) is 59.6 Å². The van der Waals surface area contributed by atoms with Crippen molar-refractivity contribution in [2.75, 3.05) is 19.6 Å². The zero-order chi connectivity index (χ0) is 35.2. The number of halogens is 1. The number of benzene rings is 2. The van der Waals surface area contributed by atoms with Gasteiger partial charge in [0.15, 0.2) is 0 Å². The van der Waals surface area contributed by atoms with E-state index in [0.29, 0.717) is 49.0 Å². The van der Waals surface area contributed by atoms with E-state index >= 15 is 0 Å². The van der Waals surface area contributed by atoms with Gasteiger partial charge in [-0.15, -0.1) is 0 Å². The molecular weight excluding hydrogens is 653 g/mol. The largest absolute Gasteiger partial charge is 0.415 e. The summed E-state index contributed by atoms with van der Waals surface area (Å²) in [7, 11) is 0. The van der Waals surface area contributed by atoms with E-state index < -0.39 is 11.6 Å². The molecule has 51 heavy (non-hydrogen) atoms. The molecule has 2 spiro atoms. The van der Waals surface area contributed by atoms with Crippen molar-refractivity contribution in [3.05, 3.63) is 65.5 Å². The number of carbonyl (C=O) groups is 3. The Morgan fingerprint density at radius 2 is 1.65 bits per heavy atom. The molecular formula is C40H50FN3O7. The molecule has 10 nitrogen and oxygen atoms in total. The maximum Gasteiger partial charge on any atom is 0.415 e. The van der Waals surface area contributed by atoms with E-state index in [1.807, 2.05) is 12.1 Å². The predicted octanol–water partition coefficient (Wildman–Crippen LogP) is 6.99. The highest BCUT2D eigenvalue weighted by molar-refractivity contribution is 5.94. The summed E-state index contributed by atoms with van der Waals surface area (Å²) >= 11 is 0. The molecule has 7 aliphatic rings. The first-order valence-electron chi connectivity index (χ1n) is 19.1. The Balaban J connectivity index is 0.845. The number of hydrogen-bond donors (Lipinski definition) is 2. The molecule has 2 N–H and O–H groups in total. The molecule has 3 amide bonds. The second-order valence-electron chi connectivity index (χ2n) is 16.3. The van der Waals surface area contributed by atoms with E-state index in [9.17, 15) is 18.8 Å². The van der Waals surface area contributed by atoms with Gasteiger partial charge in [-0.1, -0.05) is 19.1 Å². The summed E-state index contributed by atoms with van der Waals surface area (Å²) in [5.74, 6) is -0.0338. The van der Waals surface area contributed by atoms with Crippen molar-refractivity contribution in [1.29, 1.82) is 0 Å². The number of amides is 3. The van der Waals surface area contributed by atoms with Crippen molar-refractivity contribution in [2.24, 2.45) is 23.7 Å². The molecule has 7 fully saturated rings. The third kappa shape index (κ3) is 7.01. The summed E-state index contributed by atoms with van der Waals surface area (Å²) in [6.45, 7) is 4.08. The Hall–Kier alpha value is -3.54. The van der Waals surface area contributed by atoms with Crippen LogP contribution in [0.1, 0.15) is 112 Å². The van der Waals surface area contributed by atoms with Crippen LogP contribution in [0.25, 0.3) is 0 Å². The lowest BCUT2D eigenvalue weighted by molar-refractivity contribution is -0.391. The highest BCUT2D eigenvalue weighted by atomic mass is 19.1. The zero-order valence-corrected chi connectivity index (χ0v) is 29.5. The lowest BCUT2D eigenvalue weighted by atomic mass is 9.50. The Morgan fingerprint density at radius 3 is 2.37 bits per heavy atom. The Labute approximate surface area is 299 Å². The van der Waals surface area contributed by atoms with Gasteiger partial charge < -0.3 is 25.0 Å². The van der Waals surface area contributed by atoms with Gasteiger partial charge in [0.05, 0.1) is 0 Å². The Kier molecular flexibility index (Phi) is 9.34. The van der Waals surface area contributed by atoms with Crippen LogP contribution in [0.4, 0.5) is 9.18 Å². The second-order valence-corrected chi connectivity index (χ2v) is 16.3. The number of likely N-dealkylation sites (tertiary alicyclic amines) is 1. The van der Waals surface area contributed by atoms with E-state index in [2.05, 4.69) is 29.7 Å². The van der Waals surface area contributed by atoms with Crippen molar-refractivity contribution in [3.8, 4) is 5.75 Å². The van der Waals surface area contributed by atoms with Crippen LogP contribution in [0.2, 0.25) is 0 Å². The van der Waals surface area contributed by atoms with Crippen LogP contribution in [0.5, 0.6) is 5.75 Å². The highest BCUT2D eigenvalue weighted by Gasteiger charge is 2.70. The number of hydrogen-bond acceptors (Lipinski definition) is 7. The van der Waals surface area contributed by atoms with Gasteiger partial charge in [-0.25, -0.2) is 9.18 Å². The number of nitrogens with one attached hydrogen (secondary N) is 2. The lowest BCUT2D eigenvalue weighted by Gasteiger charge is -2.62. The fourth-order valence-electron chi connectivity index (χ4n) is 10.2. The van der Waals surface area contributed by atoms with E-state index in [4.69, 9.17) is 19.2 Å². The number of rotatable bonds is 8. The van der Waals surface area contributed by atoms with Crippen LogP contribution < -0.4 is 15.4 Å². The van der Waals surface area contributed by atoms with Gasteiger partial charge in [0.1, 0.15) is 11.6 Å². The number of carbonyl (C=O) groups excluding carboxylic acids is 3. The molecule has 0 aromatic heterocycles. The van der Waals surface area contributed by atoms with Crippen molar-refractivity contribution in [2.45, 2.75) is 113 Å². The molecule has 3 unspecified atom stereocenters. The summed E-state index contributed by atoms with van der Waals surface area (Å²) < 4.78 is 25.9. The molecule has 274 valence electrons. The van der Waals surface area contributed by atoms with E-state index in [1.165, 1.54) is 29.8 Å². The number of ether oxygens (including phenoxy) is 2. The minimum atomic E-state index is -0.802. The van der Waals surface area contributed by atoms with Crippen LogP contribution in [0.3, 0.4) is 0 Å². The first-order chi connectivity index (χ1) is 24.6. The monoisotopic (exact) mass is 703 g/mol. The molecule has 4 bridgehead atoms. The molecule has 11 heteroatoms. The van der Waals surface area contributed by atoms with Crippen molar-refractivity contribution >= 4 is 17.9 Å².